The summed E-state index contributed by atoms with van der Waals surface area (Å²) in [7, 11) is 0. The van der Waals surface area contributed by atoms with E-state index in [0.717, 1.165) is 116 Å². The summed E-state index contributed by atoms with van der Waals surface area (Å²) in [5.74, 6) is 1.39. The van der Waals surface area contributed by atoms with E-state index in [1.807, 2.05) is 6.92 Å². The van der Waals surface area contributed by atoms with Gasteiger partial charge in [-0.3, -0.25) is 9.59 Å². The van der Waals surface area contributed by atoms with Crippen molar-refractivity contribution in [2.75, 3.05) is 19.8 Å². The fourth-order valence-electron chi connectivity index (χ4n) is 12.9. The molecule has 0 spiro atoms. The molecule has 0 bridgehead atoms. The Morgan fingerprint density at radius 2 is 0.718 bits per heavy atom. The second-order valence-electron chi connectivity index (χ2n) is 31.5. The minimum Gasteiger partial charge on any atom is -0.465 e. The number of epoxide rings is 2. The quantitative estimate of drug-likeness (QED) is 0.0254. The van der Waals surface area contributed by atoms with Gasteiger partial charge >= 0.3 is 5.97 Å². The number of unbranched alkanes of at least 4 members (excludes halogenated alkanes) is 40. The lowest BCUT2D eigenvalue weighted by Gasteiger charge is -2.28. The summed E-state index contributed by atoms with van der Waals surface area (Å²) >= 11 is 0. The molecule has 0 aromatic rings. The number of cyclic esters (lactones) is 1. The SMILES string of the molecule is CC(=O)C(C)O.CCC1CO1.CCCCCCCC/C=C\CCCCCCCC(C)=O.CCCCCCCCC1OC1CCCCCCCC(C)=O.CCCCCCCCCC(CCCCCCCC(C)=O)OCC1COC(=O)C(C)C1.CCCCCCCCCC(O)CCCCCCCC(C)=O. The molecular formula is C91H174O12. The summed E-state index contributed by atoms with van der Waals surface area (Å²) in [5, 5.41) is 18.2. The third kappa shape index (κ3) is 88.2. The van der Waals surface area contributed by atoms with Gasteiger partial charge in [0.1, 0.15) is 29.2 Å². The third-order valence-electron chi connectivity index (χ3n) is 20.3. The number of carbonyl (C=O) groups is 6. The van der Waals surface area contributed by atoms with Gasteiger partial charge < -0.3 is 48.3 Å². The van der Waals surface area contributed by atoms with E-state index in [-0.39, 0.29) is 23.8 Å². The Morgan fingerprint density at radius 3 is 1.00 bits per heavy atom. The van der Waals surface area contributed by atoms with E-state index in [1.54, 1.807) is 27.7 Å². The van der Waals surface area contributed by atoms with Crippen LogP contribution in [-0.2, 0) is 47.7 Å². The first-order valence-electron chi connectivity index (χ1n) is 44.3. The molecule has 2 N–H and O–H groups in total. The molecule has 103 heavy (non-hydrogen) atoms. The van der Waals surface area contributed by atoms with Crippen molar-refractivity contribution in [3.05, 3.63) is 12.2 Å². The number of allylic oxidation sites excluding steroid dienone is 2. The lowest BCUT2D eigenvalue weighted by Crippen LogP contribution is -2.32. The van der Waals surface area contributed by atoms with E-state index in [0.29, 0.717) is 60.1 Å². The smallest absolute Gasteiger partial charge is 0.308 e. The average molecular weight is 1460 g/mol. The van der Waals surface area contributed by atoms with Crippen molar-refractivity contribution in [1.82, 2.24) is 0 Å². The minimum atomic E-state index is -0.787. The average Bonchev–Trinajstić information content (AvgIpc) is 1.74. The third-order valence-corrected chi connectivity index (χ3v) is 20.3. The first-order chi connectivity index (χ1) is 49.8. The fraction of sp³-hybridized carbons (Fsp3) is 0.912. The summed E-state index contributed by atoms with van der Waals surface area (Å²) in [6, 6.07) is 0. The van der Waals surface area contributed by atoms with Crippen molar-refractivity contribution >= 4 is 34.9 Å². The summed E-state index contributed by atoms with van der Waals surface area (Å²) < 4.78 is 22.2. The Labute approximate surface area is 638 Å². The van der Waals surface area contributed by atoms with Crippen LogP contribution in [0.1, 0.15) is 468 Å². The molecule has 3 aliphatic heterocycles. The van der Waals surface area contributed by atoms with Crippen molar-refractivity contribution in [3.8, 4) is 0 Å². The molecule has 3 saturated heterocycles. The first-order valence-corrected chi connectivity index (χ1v) is 44.3. The molecule has 3 fully saturated rings. The van der Waals surface area contributed by atoms with E-state index in [2.05, 4.69) is 46.8 Å². The highest BCUT2D eigenvalue weighted by Gasteiger charge is 2.37. The predicted molar refractivity (Wildman–Crippen MR) is 437 cm³/mol. The van der Waals surface area contributed by atoms with E-state index >= 15 is 0 Å². The molecule has 8 unspecified atom stereocenters. The number of aliphatic hydroxyl groups excluding tert-OH is 2. The maximum atomic E-state index is 11.6. The van der Waals surface area contributed by atoms with Crippen LogP contribution in [0.4, 0.5) is 0 Å². The van der Waals surface area contributed by atoms with E-state index in [4.69, 9.17) is 24.1 Å². The molecule has 0 aliphatic carbocycles. The van der Waals surface area contributed by atoms with Crippen LogP contribution < -0.4 is 0 Å². The monoisotopic (exact) mass is 1460 g/mol. The standard InChI is InChI=1S/C26H48O4.C19H36O2.C19H38O2.C19H36O.C4H8O2.C4H8O/c1-4-5-6-7-8-11-14-17-25(18-15-12-9-10-13-16-23(3)27)29-20-24-19-22(2)26(28)30-21-24;1-3-4-5-6-9-12-15-18-19(21-18)16-13-10-7-8-11-14-17(2)20;1-3-4-5-6-7-10-13-16-19(21)17-14-11-8-9-12-15-18(2)20;1-3-4-5-6-7-8-9-10-11-12-13-14-15-16-17-18-19(2)20;1-3(5)4(2)6;1-2-4-3-5-4/h22,24-25H,4-21H2,1-3H3;18-19H,3-16H2,1-2H3;19,21H,3-17H2,1-2H3;10-11H,3-9,12-18H2,1-2H3;3,5H,1-2H3;4H,2-3H2,1H3/b;;;11-10-;;. The van der Waals surface area contributed by atoms with Crippen LogP contribution in [0, 0.1) is 11.8 Å². The van der Waals surface area contributed by atoms with Crippen LogP contribution in [0.2, 0.25) is 0 Å². The molecule has 610 valence electrons. The van der Waals surface area contributed by atoms with E-state index in [9.17, 15) is 33.9 Å². The lowest BCUT2D eigenvalue weighted by molar-refractivity contribution is -0.157. The second-order valence-corrected chi connectivity index (χ2v) is 31.5. The van der Waals surface area contributed by atoms with Gasteiger partial charge in [-0.2, -0.15) is 0 Å². The molecule has 0 aromatic heterocycles. The molecule has 3 heterocycles. The molecule has 0 aromatic carbocycles. The van der Waals surface area contributed by atoms with Gasteiger partial charge in [0.25, 0.3) is 0 Å². The summed E-state index contributed by atoms with van der Waals surface area (Å²) in [6.07, 6.45) is 79.6. The second kappa shape index (κ2) is 81.9. The highest BCUT2D eigenvalue weighted by atomic mass is 16.6. The van der Waals surface area contributed by atoms with Crippen molar-refractivity contribution < 1.29 is 57.9 Å². The van der Waals surface area contributed by atoms with E-state index in [1.165, 1.54) is 296 Å². The van der Waals surface area contributed by atoms with Gasteiger partial charge in [-0.25, -0.2) is 0 Å². The zero-order valence-electron chi connectivity index (χ0n) is 70.3. The fourth-order valence-corrected chi connectivity index (χ4v) is 12.9. The first kappa shape index (κ1) is 105. The Hall–Kier alpha value is -2.64. The number of carbonyl (C=O) groups excluding carboxylic acids is 6. The Bertz CT molecular complexity index is 1850. The number of esters is 1. The summed E-state index contributed by atoms with van der Waals surface area (Å²) in [6.45, 7) is 24.9. The molecule has 8 atom stereocenters. The van der Waals surface area contributed by atoms with E-state index < -0.39 is 6.10 Å². The highest BCUT2D eigenvalue weighted by molar-refractivity contribution is 5.79. The number of ketones is 5. The van der Waals surface area contributed by atoms with Crippen molar-refractivity contribution in [2.24, 2.45) is 11.8 Å². The zero-order chi connectivity index (χ0) is 76.9. The molecule has 0 amide bonds. The number of ether oxygens (including phenoxy) is 4. The predicted octanol–water partition coefficient (Wildman–Crippen LogP) is 26.0. The Balaban J connectivity index is -0.00000124. The number of Topliss-reactive ketones (excluding diaryl/α,β-unsaturated/α-hetero) is 5. The van der Waals surface area contributed by atoms with Crippen LogP contribution >= 0.6 is 0 Å². The highest BCUT2D eigenvalue weighted by Crippen LogP contribution is 2.32. The van der Waals surface area contributed by atoms with Gasteiger partial charge in [0.2, 0.25) is 0 Å². The van der Waals surface area contributed by atoms with Gasteiger partial charge in [-0.15, -0.1) is 0 Å². The maximum absolute atomic E-state index is 11.6. The molecular weight excluding hydrogens is 1280 g/mol. The van der Waals surface area contributed by atoms with Crippen molar-refractivity contribution in [3.63, 3.8) is 0 Å². The molecule has 3 rings (SSSR count). The van der Waals surface area contributed by atoms with Gasteiger partial charge in [-0.1, -0.05) is 311 Å². The molecule has 3 aliphatic rings. The topological polar surface area (TPSA) is 186 Å². The number of hydrogen-bond donors (Lipinski definition) is 2. The molecule has 12 heteroatoms. The number of aliphatic hydroxyl groups is 2. The number of rotatable bonds is 67. The number of hydrogen-bond acceptors (Lipinski definition) is 12. The maximum Gasteiger partial charge on any atom is 0.308 e. The van der Waals surface area contributed by atoms with Gasteiger partial charge in [0.15, 0.2) is 5.78 Å². The van der Waals surface area contributed by atoms with Crippen LogP contribution in [0.3, 0.4) is 0 Å². The molecule has 12 nitrogen and oxygen atoms in total. The summed E-state index contributed by atoms with van der Waals surface area (Å²) in [4.78, 5) is 64.8. The van der Waals surface area contributed by atoms with Gasteiger partial charge in [0.05, 0.1) is 56.3 Å². The van der Waals surface area contributed by atoms with Gasteiger partial charge in [0, 0.05) is 31.6 Å². The van der Waals surface area contributed by atoms with Crippen LogP contribution in [0.5, 0.6) is 0 Å². The van der Waals surface area contributed by atoms with Gasteiger partial charge in [-0.05, 0) is 144 Å². The largest absolute Gasteiger partial charge is 0.465 e. The normalized spacial score (nSPS) is 17.3. The van der Waals surface area contributed by atoms with Crippen molar-refractivity contribution in [2.45, 2.75) is 505 Å². The van der Waals surface area contributed by atoms with Crippen LogP contribution in [0.15, 0.2) is 12.2 Å². The summed E-state index contributed by atoms with van der Waals surface area (Å²) in [5.41, 5.74) is 0. The van der Waals surface area contributed by atoms with Crippen LogP contribution in [-0.4, -0.2) is 102 Å². The van der Waals surface area contributed by atoms with Crippen LogP contribution in [0.25, 0.3) is 0 Å². The molecule has 0 radical (unpaired) electrons. The zero-order valence-corrected chi connectivity index (χ0v) is 70.3. The lowest BCUT2D eigenvalue weighted by atomic mass is 9.94. The minimum absolute atomic E-state index is 0.00363. The van der Waals surface area contributed by atoms with Crippen molar-refractivity contribution in [1.29, 1.82) is 0 Å². The molecule has 0 saturated carbocycles. The Morgan fingerprint density at radius 1 is 0.427 bits per heavy atom. The Kier molecular flexibility index (Phi) is 83.1.